The molecule has 2 aromatic heterocycles. The van der Waals surface area contributed by atoms with Crippen LogP contribution in [0.4, 0.5) is 0 Å². The lowest BCUT2D eigenvalue weighted by Crippen LogP contribution is -1.97. The van der Waals surface area contributed by atoms with Crippen LogP contribution in [0.1, 0.15) is 11.4 Å². The minimum Gasteiger partial charge on any atom is -0.437 e. The van der Waals surface area contributed by atoms with Crippen LogP contribution >= 0.6 is 11.6 Å². The fourth-order valence-electron chi connectivity index (χ4n) is 1.19. The zero-order valence-corrected chi connectivity index (χ0v) is 9.69. The number of hydrogen-bond donors (Lipinski definition) is 0. The first-order valence-electron chi connectivity index (χ1n) is 4.75. The molecular formula is C11H10ClN3O. The zero-order chi connectivity index (χ0) is 11.5. The van der Waals surface area contributed by atoms with Gasteiger partial charge in [-0.2, -0.15) is 4.98 Å². The molecule has 0 bridgehead atoms. The molecule has 0 unspecified atom stereocenters. The van der Waals surface area contributed by atoms with Gasteiger partial charge in [0.1, 0.15) is 16.7 Å². The quantitative estimate of drug-likeness (QED) is 0.751. The normalized spacial score (nSPS) is 10.2. The summed E-state index contributed by atoms with van der Waals surface area (Å²) in [6, 6.07) is 3.60. The Morgan fingerprint density at radius 1 is 1.25 bits per heavy atom. The molecule has 16 heavy (non-hydrogen) atoms. The van der Waals surface area contributed by atoms with Crippen LogP contribution in [-0.4, -0.2) is 15.0 Å². The van der Waals surface area contributed by atoms with Crippen molar-refractivity contribution < 1.29 is 4.74 Å². The Bertz CT molecular complexity index is 502. The molecule has 0 fully saturated rings. The molecule has 2 rings (SSSR count). The van der Waals surface area contributed by atoms with Crippen molar-refractivity contribution in [3.8, 4) is 11.6 Å². The molecule has 82 valence electrons. The fourth-order valence-corrected chi connectivity index (χ4v) is 1.39. The van der Waals surface area contributed by atoms with Crippen LogP contribution in [0.25, 0.3) is 0 Å². The molecule has 0 aromatic carbocycles. The highest BCUT2D eigenvalue weighted by molar-refractivity contribution is 6.30. The maximum absolute atomic E-state index is 5.94. The van der Waals surface area contributed by atoms with E-state index in [1.807, 2.05) is 6.92 Å². The molecule has 2 heterocycles. The largest absolute Gasteiger partial charge is 0.437 e. The third-order valence-electron chi connectivity index (χ3n) is 2.00. The Hall–Kier alpha value is -1.68. The maximum Gasteiger partial charge on any atom is 0.227 e. The van der Waals surface area contributed by atoms with Gasteiger partial charge in [-0.15, -0.1) is 0 Å². The molecule has 5 heteroatoms. The topological polar surface area (TPSA) is 47.9 Å². The Labute approximate surface area is 98.3 Å². The van der Waals surface area contributed by atoms with Gasteiger partial charge < -0.3 is 4.74 Å². The molecule has 0 saturated heterocycles. The molecule has 0 spiro atoms. The third-order valence-corrected chi connectivity index (χ3v) is 2.37. The van der Waals surface area contributed by atoms with Crippen LogP contribution in [-0.2, 0) is 0 Å². The third kappa shape index (κ3) is 2.28. The summed E-state index contributed by atoms with van der Waals surface area (Å²) >= 11 is 5.94. The van der Waals surface area contributed by atoms with Gasteiger partial charge in [0.25, 0.3) is 0 Å². The van der Waals surface area contributed by atoms with E-state index < -0.39 is 0 Å². The summed E-state index contributed by atoms with van der Waals surface area (Å²) in [5, 5.41) is 0.409. The summed E-state index contributed by atoms with van der Waals surface area (Å²) in [4.78, 5) is 12.2. The molecule has 0 aliphatic carbocycles. The van der Waals surface area contributed by atoms with E-state index in [9.17, 15) is 0 Å². The second-order valence-corrected chi connectivity index (χ2v) is 3.64. The lowest BCUT2D eigenvalue weighted by molar-refractivity contribution is 0.453. The summed E-state index contributed by atoms with van der Waals surface area (Å²) in [5.41, 5.74) is 0.719. The highest BCUT2D eigenvalue weighted by Gasteiger charge is 2.09. The molecule has 0 aliphatic heterocycles. The Balaban J connectivity index is 2.35. The molecule has 0 aliphatic rings. The number of ether oxygens (including phenoxy) is 1. The monoisotopic (exact) mass is 235 g/mol. The van der Waals surface area contributed by atoms with E-state index >= 15 is 0 Å². The molecule has 2 aromatic rings. The first-order chi connectivity index (χ1) is 7.66. The zero-order valence-electron chi connectivity index (χ0n) is 8.94. The lowest BCUT2D eigenvalue weighted by Gasteiger charge is -2.08. The average Bonchev–Trinajstić information content (AvgIpc) is 2.27. The van der Waals surface area contributed by atoms with Crippen molar-refractivity contribution in [1.82, 2.24) is 15.0 Å². The van der Waals surface area contributed by atoms with Gasteiger partial charge >= 0.3 is 0 Å². The Morgan fingerprint density at radius 2 is 2.06 bits per heavy atom. The summed E-state index contributed by atoms with van der Waals surface area (Å²) in [6.07, 6.45) is 3.29. The van der Waals surface area contributed by atoms with E-state index in [0.29, 0.717) is 22.6 Å². The molecule has 0 radical (unpaired) electrons. The van der Waals surface area contributed by atoms with E-state index in [1.54, 1.807) is 31.5 Å². The van der Waals surface area contributed by atoms with Crippen molar-refractivity contribution >= 4 is 11.6 Å². The van der Waals surface area contributed by atoms with Crippen LogP contribution in [0.2, 0.25) is 5.15 Å². The van der Waals surface area contributed by atoms with E-state index in [-0.39, 0.29) is 0 Å². The number of halogens is 1. The van der Waals surface area contributed by atoms with Crippen molar-refractivity contribution in [2.24, 2.45) is 0 Å². The molecule has 0 N–H and O–H groups in total. The summed E-state index contributed by atoms with van der Waals surface area (Å²) in [7, 11) is 0. The van der Waals surface area contributed by atoms with Crippen LogP contribution in [0.3, 0.4) is 0 Å². The van der Waals surface area contributed by atoms with Crippen LogP contribution in [0.5, 0.6) is 11.6 Å². The SMILES string of the molecule is Cc1nc(Cl)c(C)c(Oc2cccnc2)n1. The Morgan fingerprint density at radius 3 is 2.75 bits per heavy atom. The van der Waals surface area contributed by atoms with Gasteiger partial charge in [-0.25, -0.2) is 4.98 Å². The standard InChI is InChI=1S/C11H10ClN3O/c1-7-10(12)14-8(2)15-11(7)16-9-4-3-5-13-6-9/h3-6H,1-2H3. The molecular weight excluding hydrogens is 226 g/mol. The summed E-state index contributed by atoms with van der Waals surface area (Å²) < 4.78 is 5.57. The number of rotatable bonds is 2. The van der Waals surface area contributed by atoms with Gasteiger partial charge in [0.15, 0.2) is 0 Å². The number of pyridine rings is 1. The molecule has 0 saturated carbocycles. The second kappa shape index (κ2) is 4.45. The number of aryl methyl sites for hydroxylation is 1. The first-order valence-corrected chi connectivity index (χ1v) is 5.13. The fraction of sp³-hybridized carbons (Fsp3) is 0.182. The van der Waals surface area contributed by atoms with Crippen molar-refractivity contribution in [2.75, 3.05) is 0 Å². The number of nitrogens with zero attached hydrogens (tertiary/aromatic N) is 3. The number of hydrogen-bond acceptors (Lipinski definition) is 4. The van der Waals surface area contributed by atoms with Gasteiger partial charge in [0.05, 0.1) is 6.20 Å². The van der Waals surface area contributed by atoms with Crippen molar-refractivity contribution in [3.05, 3.63) is 41.1 Å². The van der Waals surface area contributed by atoms with Crippen molar-refractivity contribution in [1.29, 1.82) is 0 Å². The smallest absolute Gasteiger partial charge is 0.227 e. The van der Waals surface area contributed by atoms with Gasteiger partial charge in [-0.1, -0.05) is 11.6 Å². The summed E-state index contributed by atoms with van der Waals surface area (Å²) in [5.74, 6) is 1.67. The predicted molar refractivity (Wildman–Crippen MR) is 60.8 cm³/mol. The maximum atomic E-state index is 5.94. The second-order valence-electron chi connectivity index (χ2n) is 3.28. The van der Waals surface area contributed by atoms with Crippen molar-refractivity contribution in [2.45, 2.75) is 13.8 Å². The van der Waals surface area contributed by atoms with E-state index in [2.05, 4.69) is 15.0 Å². The lowest BCUT2D eigenvalue weighted by atomic mass is 10.3. The van der Waals surface area contributed by atoms with Crippen LogP contribution in [0.15, 0.2) is 24.5 Å². The molecule has 0 atom stereocenters. The van der Waals surface area contributed by atoms with Crippen molar-refractivity contribution in [3.63, 3.8) is 0 Å². The van der Waals surface area contributed by atoms with Gasteiger partial charge in [0.2, 0.25) is 5.88 Å². The predicted octanol–water partition coefficient (Wildman–Crippen LogP) is 2.93. The van der Waals surface area contributed by atoms with E-state index in [0.717, 1.165) is 5.56 Å². The minimum absolute atomic E-state index is 0.409. The number of aromatic nitrogens is 3. The van der Waals surface area contributed by atoms with E-state index in [4.69, 9.17) is 16.3 Å². The van der Waals surface area contributed by atoms with Gasteiger partial charge in [-0.3, -0.25) is 4.98 Å². The molecule has 4 nitrogen and oxygen atoms in total. The van der Waals surface area contributed by atoms with Crippen LogP contribution in [0, 0.1) is 13.8 Å². The summed E-state index contributed by atoms with van der Waals surface area (Å²) in [6.45, 7) is 3.58. The van der Waals surface area contributed by atoms with Crippen LogP contribution < -0.4 is 4.74 Å². The first kappa shape index (κ1) is 10.8. The van der Waals surface area contributed by atoms with E-state index in [1.165, 1.54) is 0 Å². The highest BCUT2D eigenvalue weighted by Crippen LogP contribution is 2.25. The average molecular weight is 236 g/mol. The van der Waals surface area contributed by atoms with Gasteiger partial charge in [-0.05, 0) is 26.0 Å². The van der Waals surface area contributed by atoms with Gasteiger partial charge in [0, 0.05) is 11.8 Å². The Kier molecular flexibility index (Phi) is 3.01. The minimum atomic E-state index is 0.409. The highest BCUT2D eigenvalue weighted by atomic mass is 35.5. The molecule has 0 amide bonds.